The molecule has 0 N–H and O–H groups in total. The summed E-state index contributed by atoms with van der Waals surface area (Å²) in [4.78, 5) is 27.6. The Labute approximate surface area is 186 Å². The number of hydrogen-bond donors (Lipinski definition) is 0. The van der Waals surface area contributed by atoms with E-state index in [4.69, 9.17) is 9.47 Å². The second-order valence-electron chi connectivity index (χ2n) is 7.68. The molecule has 0 aliphatic carbocycles. The van der Waals surface area contributed by atoms with Crippen LogP contribution in [0.5, 0.6) is 5.75 Å². The highest BCUT2D eigenvalue weighted by Gasteiger charge is 2.23. The SMILES string of the molecule is Cc1cc(C(=O)COc2ccccc2C(=O)N2CCOCC2)c(C)n1-c1ccccc1F. The van der Waals surface area contributed by atoms with Crippen LogP contribution in [0.4, 0.5) is 4.39 Å². The molecule has 32 heavy (non-hydrogen) atoms. The molecule has 0 saturated carbocycles. The van der Waals surface area contributed by atoms with E-state index in [2.05, 4.69) is 0 Å². The zero-order valence-corrected chi connectivity index (χ0v) is 18.1. The Morgan fingerprint density at radius 1 is 1.00 bits per heavy atom. The highest BCUT2D eigenvalue weighted by molar-refractivity contribution is 6.00. The van der Waals surface area contributed by atoms with E-state index >= 15 is 0 Å². The lowest BCUT2D eigenvalue weighted by Crippen LogP contribution is -2.40. The molecule has 1 amide bonds. The smallest absolute Gasteiger partial charge is 0.257 e. The van der Waals surface area contributed by atoms with Crippen molar-refractivity contribution < 1.29 is 23.5 Å². The Morgan fingerprint density at radius 2 is 1.69 bits per heavy atom. The highest BCUT2D eigenvalue weighted by Crippen LogP contribution is 2.25. The molecule has 1 fully saturated rings. The summed E-state index contributed by atoms with van der Waals surface area (Å²) < 4.78 is 27.1. The molecule has 1 aromatic heterocycles. The molecule has 4 rings (SSSR count). The molecule has 0 unspecified atom stereocenters. The van der Waals surface area contributed by atoms with E-state index in [0.717, 1.165) is 5.69 Å². The lowest BCUT2D eigenvalue weighted by Gasteiger charge is -2.27. The number of aryl methyl sites for hydroxylation is 1. The third-order valence-corrected chi connectivity index (χ3v) is 5.60. The lowest BCUT2D eigenvalue weighted by atomic mass is 10.1. The van der Waals surface area contributed by atoms with Gasteiger partial charge in [-0.2, -0.15) is 0 Å². The summed E-state index contributed by atoms with van der Waals surface area (Å²) in [7, 11) is 0. The van der Waals surface area contributed by atoms with Gasteiger partial charge in [0.2, 0.25) is 5.78 Å². The Bertz CT molecular complexity index is 1150. The second kappa shape index (κ2) is 9.36. The molecule has 0 bridgehead atoms. The van der Waals surface area contributed by atoms with Crippen molar-refractivity contribution in [3.05, 3.63) is 82.9 Å². The molecule has 0 atom stereocenters. The fourth-order valence-electron chi connectivity index (χ4n) is 3.98. The molecule has 7 heteroatoms. The van der Waals surface area contributed by atoms with Gasteiger partial charge in [-0.15, -0.1) is 0 Å². The van der Waals surface area contributed by atoms with Gasteiger partial charge < -0.3 is 18.9 Å². The Morgan fingerprint density at radius 3 is 2.44 bits per heavy atom. The molecule has 166 valence electrons. The van der Waals surface area contributed by atoms with Crippen LogP contribution >= 0.6 is 0 Å². The third-order valence-electron chi connectivity index (χ3n) is 5.60. The number of aromatic nitrogens is 1. The van der Waals surface area contributed by atoms with Gasteiger partial charge in [-0.25, -0.2) is 4.39 Å². The molecular weight excluding hydrogens is 411 g/mol. The van der Waals surface area contributed by atoms with Crippen LogP contribution in [0.15, 0.2) is 54.6 Å². The van der Waals surface area contributed by atoms with Crippen molar-refractivity contribution >= 4 is 11.7 Å². The number of ketones is 1. The van der Waals surface area contributed by atoms with Crippen LogP contribution in [0.2, 0.25) is 0 Å². The van der Waals surface area contributed by atoms with Crippen LogP contribution < -0.4 is 4.74 Å². The summed E-state index contributed by atoms with van der Waals surface area (Å²) in [6.45, 7) is 5.43. The second-order valence-corrected chi connectivity index (χ2v) is 7.68. The number of Topliss-reactive ketones (excluding diaryl/α,β-unsaturated/α-hetero) is 1. The third kappa shape index (κ3) is 4.29. The van der Waals surface area contributed by atoms with E-state index < -0.39 is 0 Å². The number of carbonyl (C=O) groups excluding carboxylic acids is 2. The maximum atomic E-state index is 14.3. The number of para-hydroxylation sites is 2. The number of carbonyl (C=O) groups is 2. The maximum absolute atomic E-state index is 14.3. The van der Waals surface area contributed by atoms with Gasteiger partial charge in [0.25, 0.3) is 5.91 Å². The predicted octanol–water partition coefficient (Wildman–Crippen LogP) is 3.97. The Hall–Kier alpha value is -3.45. The normalized spacial score (nSPS) is 13.8. The number of halogens is 1. The van der Waals surface area contributed by atoms with Gasteiger partial charge >= 0.3 is 0 Å². The van der Waals surface area contributed by atoms with Crippen LogP contribution in [0.3, 0.4) is 0 Å². The molecule has 0 spiro atoms. The van der Waals surface area contributed by atoms with E-state index in [-0.39, 0.29) is 24.1 Å². The largest absolute Gasteiger partial charge is 0.485 e. The van der Waals surface area contributed by atoms with Gasteiger partial charge in [0, 0.05) is 30.0 Å². The van der Waals surface area contributed by atoms with E-state index in [1.54, 1.807) is 64.9 Å². The minimum absolute atomic E-state index is 0.144. The Balaban J connectivity index is 1.53. The van der Waals surface area contributed by atoms with Gasteiger partial charge in [0.15, 0.2) is 6.61 Å². The molecule has 2 aromatic carbocycles. The quantitative estimate of drug-likeness (QED) is 0.549. The van der Waals surface area contributed by atoms with Gasteiger partial charge in [0.1, 0.15) is 11.6 Å². The number of amides is 1. The average molecular weight is 436 g/mol. The molecular formula is C25H25FN2O4. The molecule has 2 heterocycles. The first-order chi connectivity index (χ1) is 15.5. The zero-order chi connectivity index (χ0) is 22.7. The standard InChI is InChI=1S/C25H25FN2O4/c1-17-15-20(18(2)28(17)22-9-5-4-8-21(22)26)23(29)16-32-24-10-6-3-7-19(24)25(30)27-11-13-31-14-12-27/h3-10,15H,11-14,16H2,1-2H3. The first-order valence-electron chi connectivity index (χ1n) is 10.5. The summed E-state index contributed by atoms with van der Waals surface area (Å²) in [6, 6.07) is 15.1. The first kappa shape index (κ1) is 21.8. The van der Waals surface area contributed by atoms with Gasteiger partial charge in [-0.3, -0.25) is 9.59 Å². The molecule has 3 aromatic rings. The van der Waals surface area contributed by atoms with Crippen molar-refractivity contribution in [1.82, 2.24) is 9.47 Å². The first-order valence-corrected chi connectivity index (χ1v) is 10.5. The van der Waals surface area contributed by atoms with Crippen LogP contribution in [0, 0.1) is 19.7 Å². The summed E-state index contributed by atoms with van der Waals surface area (Å²) >= 11 is 0. The van der Waals surface area contributed by atoms with Crippen molar-refractivity contribution in [3.8, 4) is 11.4 Å². The number of benzene rings is 2. The summed E-state index contributed by atoms with van der Waals surface area (Å²) in [6.07, 6.45) is 0. The predicted molar refractivity (Wildman–Crippen MR) is 118 cm³/mol. The van der Waals surface area contributed by atoms with Crippen molar-refractivity contribution in [2.45, 2.75) is 13.8 Å². The highest BCUT2D eigenvalue weighted by atomic mass is 19.1. The number of rotatable bonds is 6. The Kier molecular flexibility index (Phi) is 6.37. The van der Waals surface area contributed by atoms with Crippen molar-refractivity contribution in [3.63, 3.8) is 0 Å². The average Bonchev–Trinajstić information content (AvgIpc) is 3.12. The number of nitrogens with zero attached hydrogens (tertiary/aromatic N) is 2. The fourth-order valence-corrected chi connectivity index (χ4v) is 3.98. The lowest BCUT2D eigenvalue weighted by molar-refractivity contribution is 0.0300. The van der Waals surface area contributed by atoms with Crippen molar-refractivity contribution in [2.75, 3.05) is 32.9 Å². The summed E-state index contributed by atoms with van der Waals surface area (Å²) in [5, 5.41) is 0. The topological polar surface area (TPSA) is 60.8 Å². The van der Waals surface area contributed by atoms with Crippen LogP contribution in [0.25, 0.3) is 5.69 Å². The number of morpholine rings is 1. The minimum atomic E-state index is -0.361. The fraction of sp³-hybridized carbons (Fsp3) is 0.280. The minimum Gasteiger partial charge on any atom is -0.485 e. The van der Waals surface area contributed by atoms with E-state index in [0.29, 0.717) is 54.6 Å². The van der Waals surface area contributed by atoms with Crippen LogP contribution in [-0.2, 0) is 4.74 Å². The van der Waals surface area contributed by atoms with Crippen molar-refractivity contribution in [2.24, 2.45) is 0 Å². The van der Waals surface area contributed by atoms with Crippen LogP contribution in [0.1, 0.15) is 32.1 Å². The van der Waals surface area contributed by atoms with E-state index in [1.165, 1.54) is 6.07 Å². The number of hydrogen-bond acceptors (Lipinski definition) is 4. The number of ether oxygens (including phenoxy) is 2. The molecule has 1 aliphatic rings. The molecule has 1 saturated heterocycles. The van der Waals surface area contributed by atoms with Crippen LogP contribution in [-0.4, -0.2) is 54.1 Å². The summed E-state index contributed by atoms with van der Waals surface area (Å²) in [5.74, 6) is -0.385. The molecule has 1 aliphatic heterocycles. The molecule has 0 radical (unpaired) electrons. The monoisotopic (exact) mass is 436 g/mol. The van der Waals surface area contributed by atoms with Crippen molar-refractivity contribution in [1.29, 1.82) is 0 Å². The molecule has 6 nitrogen and oxygen atoms in total. The van der Waals surface area contributed by atoms with E-state index in [9.17, 15) is 14.0 Å². The van der Waals surface area contributed by atoms with E-state index in [1.807, 2.05) is 6.92 Å². The van der Waals surface area contributed by atoms with Gasteiger partial charge in [-0.1, -0.05) is 24.3 Å². The van der Waals surface area contributed by atoms with Gasteiger partial charge in [-0.05, 0) is 44.2 Å². The maximum Gasteiger partial charge on any atom is 0.257 e. The summed E-state index contributed by atoms with van der Waals surface area (Å²) in [5.41, 5.74) is 2.66. The van der Waals surface area contributed by atoms with Gasteiger partial charge in [0.05, 0.1) is 24.5 Å². The zero-order valence-electron chi connectivity index (χ0n) is 18.1.